The first kappa shape index (κ1) is 17.4. The molecular formula is C22H19N3OS. The van der Waals surface area contributed by atoms with E-state index in [9.17, 15) is 0 Å². The summed E-state index contributed by atoms with van der Waals surface area (Å²) < 4.78 is 6.24. The number of para-hydroxylation sites is 1. The van der Waals surface area contributed by atoms with Gasteiger partial charge >= 0.3 is 0 Å². The van der Waals surface area contributed by atoms with Gasteiger partial charge in [0.05, 0.1) is 0 Å². The molecule has 0 saturated carbocycles. The van der Waals surface area contributed by atoms with Crippen LogP contribution in [0.3, 0.4) is 0 Å². The molecule has 1 heterocycles. The van der Waals surface area contributed by atoms with E-state index in [2.05, 4.69) is 10.5 Å². The Labute approximate surface area is 164 Å². The van der Waals surface area contributed by atoms with E-state index in [-0.39, 0.29) is 0 Å². The number of nitrogens with one attached hydrogen (secondary N) is 1. The van der Waals surface area contributed by atoms with Gasteiger partial charge in [0.15, 0.2) is 5.11 Å². The topological polar surface area (TPSA) is 36.9 Å². The van der Waals surface area contributed by atoms with E-state index < -0.39 is 5.72 Å². The summed E-state index contributed by atoms with van der Waals surface area (Å²) >= 11 is 5.65. The second-order valence-electron chi connectivity index (χ2n) is 6.13. The van der Waals surface area contributed by atoms with E-state index >= 15 is 0 Å². The summed E-state index contributed by atoms with van der Waals surface area (Å²) in [5.41, 5.74) is 5.58. The minimum Gasteiger partial charge on any atom is -0.349 e. The Kier molecular flexibility index (Phi) is 4.71. The van der Waals surface area contributed by atoms with Crippen LogP contribution in [0.5, 0.6) is 0 Å². The van der Waals surface area contributed by atoms with Crippen LogP contribution in [-0.2, 0) is 10.5 Å². The Hall–Kier alpha value is -3.02. The van der Waals surface area contributed by atoms with Crippen LogP contribution in [0.1, 0.15) is 11.1 Å². The summed E-state index contributed by atoms with van der Waals surface area (Å²) in [6.45, 7) is 0. The maximum absolute atomic E-state index is 6.24. The predicted octanol–water partition coefficient (Wildman–Crippen LogP) is 4.28. The van der Waals surface area contributed by atoms with Crippen molar-refractivity contribution >= 4 is 28.7 Å². The molecule has 0 amide bonds. The van der Waals surface area contributed by atoms with Crippen LogP contribution < -0.4 is 10.3 Å². The molecule has 0 aliphatic carbocycles. The third kappa shape index (κ3) is 2.91. The second kappa shape index (κ2) is 7.31. The minimum absolute atomic E-state index is 0.478. The lowest BCUT2D eigenvalue weighted by Gasteiger charge is -2.47. The van der Waals surface area contributed by atoms with Gasteiger partial charge in [-0.05, 0) is 24.4 Å². The molecular weight excluding hydrogens is 354 g/mol. The maximum Gasteiger partial charge on any atom is 0.219 e. The molecule has 4 rings (SSSR count). The highest BCUT2D eigenvalue weighted by molar-refractivity contribution is 7.80. The fourth-order valence-electron chi connectivity index (χ4n) is 3.45. The Morgan fingerprint density at radius 3 is 2.00 bits per heavy atom. The van der Waals surface area contributed by atoms with Gasteiger partial charge < -0.3 is 4.74 Å². The summed E-state index contributed by atoms with van der Waals surface area (Å²) in [6, 6.07) is 30.0. The SMILES string of the molecule is COC1(c2ccccc2)C(c2ccccc2)=NNC(=S)N1c1ccccc1. The molecule has 0 saturated heterocycles. The first-order valence-corrected chi connectivity index (χ1v) is 9.07. The van der Waals surface area contributed by atoms with Gasteiger partial charge in [0.1, 0.15) is 5.71 Å². The van der Waals surface area contributed by atoms with E-state index in [0.717, 1.165) is 22.5 Å². The molecule has 5 heteroatoms. The molecule has 0 bridgehead atoms. The highest BCUT2D eigenvalue weighted by Crippen LogP contribution is 2.39. The predicted molar refractivity (Wildman–Crippen MR) is 113 cm³/mol. The number of anilines is 1. The van der Waals surface area contributed by atoms with Crippen molar-refractivity contribution in [3.05, 3.63) is 102 Å². The summed E-state index contributed by atoms with van der Waals surface area (Å²) in [5.74, 6) is 0. The summed E-state index contributed by atoms with van der Waals surface area (Å²) in [5, 5.41) is 5.09. The lowest BCUT2D eigenvalue weighted by atomic mass is 9.89. The van der Waals surface area contributed by atoms with Crippen molar-refractivity contribution in [3.63, 3.8) is 0 Å². The molecule has 134 valence electrons. The fraction of sp³-hybridized carbons (Fsp3) is 0.0909. The van der Waals surface area contributed by atoms with Gasteiger partial charge in [0.2, 0.25) is 5.72 Å². The van der Waals surface area contributed by atoms with Crippen molar-refractivity contribution < 1.29 is 4.74 Å². The quantitative estimate of drug-likeness (QED) is 0.693. The zero-order valence-corrected chi connectivity index (χ0v) is 15.7. The van der Waals surface area contributed by atoms with Crippen molar-refractivity contribution in [2.45, 2.75) is 5.72 Å². The second-order valence-corrected chi connectivity index (χ2v) is 6.52. The van der Waals surface area contributed by atoms with Gasteiger partial charge in [-0.1, -0.05) is 78.9 Å². The molecule has 0 fully saturated rings. The average molecular weight is 373 g/mol. The Morgan fingerprint density at radius 2 is 1.41 bits per heavy atom. The van der Waals surface area contributed by atoms with Crippen molar-refractivity contribution in [2.24, 2.45) is 5.10 Å². The molecule has 1 aliphatic rings. The molecule has 4 nitrogen and oxygen atoms in total. The average Bonchev–Trinajstić information content (AvgIpc) is 2.75. The monoisotopic (exact) mass is 373 g/mol. The van der Waals surface area contributed by atoms with Crippen molar-refractivity contribution in [3.8, 4) is 0 Å². The van der Waals surface area contributed by atoms with E-state index in [1.807, 2.05) is 95.9 Å². The van der Waals surface area contributed by atoms with Crippen LogP contribution in [0, 0.1) is 0 Å². The molecule has 1 unspecified atom stereocenters. The number of hydrogen-bond acceptors (Lipinski definition) is 3. The van der Waals surface area contributed by atoms with Crippen LogP contribution in [0.25, 0.3) is 0 Å². The molecule has 1 N–H and O–H groups in total. The highest BCUT2D eigenvalue weighted by atomic mass is 32.1. The van der Waals surface area contributed by atoms with Crippen LogP contribution >= 0.6 is 12.2 Å². The first-order valence-electron chi connectivity index (χ1n) is 8.67. The largest absolute Gasteiger partial charge is 0.349 e. The summed E-state index contributed by atoms with van der Waals surface area (Å²) in [4.78, 5) is 1.98. The number of nitrogens with zero attached hydrogens (tertiary/aromatic N) is 2. The molecule has 0 aromatic heterocycles. The fourth-order valence-corrected chi connectivity index (χ4v) is 3.73. The van der Waals surface area contributed by atoms with E-state index in [1.54, 1.807) is 7.11 Å². The molecule has 1 aliphatic heterocycles. The van der Waals surface area contributed by atoms with Crippen molar-refractivity contribution in [2.75, 3.05) is 12.0 Å². The number of thiocarbonyl (C=S) groups is 1. The normalized spacial score (nSPS) is 19.4. The first-order chi connectivity index (χ1) is 13.3. The lowest BCUT2D eigenvalue weighted by molar-refractivity contribution is 0.0536. The van der Waals surface area contributed by atoms with Gasteiger partial charge in [0.25, 0.3) is 0 Å². The number of ether oxygens (including phenoxy) is 1. The number of hydrazone groups is 1. The van der Waals surface area contributed by atoms with Crippen LogP contribution in [0.15, 0.2) is 96.1 Å². The number of benzene rings is 3. The third-order valence-corrected chi connectivity index (χ3v) is 4.90. The van der Waals surface area contributed by atoms with Gasteiger partial charge in [-0.25, -0.2) is 0 Å². The zero-order valence-electron chi connectivity index (χ0n) is 14.9. The van der Waals surface area contributed by atoms with E-state index in [1.165, 1.54) is 0 Å². The Balaban J connectivity index is 2.01. The zero-order chi connectivity index (χ0) is 18.7. The van der Waals surface area contributed by atoms with E-state index in [0.29, 0.717) is 5.11 Å². The highest BCUT2D eigenvalue weighted by Gasteiger charge is 2.49. The standard InChI is InChI=1S/C22H19N3OS/c1-26-22(18-13-7-3-8-14-18)20(17-11-5-2-6-12-17)23-24-21(27)25(22)19-15-9-4-10-16-19/h2-16H,1H3,(H,24,27). The van der Waals surface area contributed by atoms with Gasteiger partial charge in [-0.15, -0.1) is 0 Å². The van der Waals surface area contributed by atoms with E-state index in [4.69, 9.17) is 17.0 Å². The summed E-state index contributed by atoms with van der Waals surface area (Å²) in [7, 11) is 1.69. The van der Waals surface area contributed by atoms with Crippen LogP contribution in [0.4, 0.5) is 5.69 Å². The van der Waals surface area contributed by atoms with Crippen LogP contribution in [0.2, 0.25) is 0 Å². The Morgan fingerprint density at radius 1 is 0.852 bits per heavy atom. The molecule has 0 radical (unpaired) electrons. The maximum atomic E-state index is 6.24. The number of rotatable bonds is 4. The molecule has 3 aromatic carbocycles. The molecule has 3 aromatic rings. The summed E-state index contributed by atoms with van der Waals surface area (Å²) in [6.07, 6.45) is 0. The third-order valence-electron chi connectivity index (χ3n) is 4.62. The molecule has 27 heavy (non-hydrogen) atoms. The van der Waals surface area contributed by atoms with Crippen molar-refractivity contribution in [1.82, 2.24) is 5.43 Å². The van der Waals surface area contributed by atoms with Gasteiger partial charge in [0, 0.05) is 23.9 Å². The molecule has 1 atom stereocenters. The lowest BCUT2D eigenvalue weighted by Crippen LogP contribution is -2.62. The minimum atomic E-state index is -0.994. The van der Waals surface area contributed by atoms with Crippen LogP contribution in [-0.4, -0.2) is 17.9 Å². The molecule has 0 spiro atoms. The number of hydrogen-bond donors (Lipinski definition) is 1. The smallest absolute Gasteiger partial charge is 0.219 e. The van der Waals surface area contributed by atoms with Crippen molar-refractivity contribution in [1.29, 1.82) is 0 Å². The Bertz CT molecular complexity index is 961. The van der Waals surface area contributed by atoms with Gasteiger partial charge in [-0.3, -0.25) is 10.3 Å². The number of methoxy groups -OCH3 is 1. The van der Waals surface area contributed by atoms with Gasteiger partial charge in [-0.2, -0.15) is 5.10 Å².